The van der Waals surface area contributed by atoms with Crippen LogP contribution in [0.5, 0.6) is 11.5 Å². The molecule has 0 aliphatic rings. The van der Waals surface area contributed by atoms with Gasteiger partial charge in [-0.1, -0.05) is 12.1 Å². The maximum Gasteiger partial charge on any atom is 0.164 e. The minimum atomic E-state index is 0.0750. The molecule has 2 aromatic rings. The standard InChI is InChI=1S/C15H20N2O2S/c1-10(16)7-12-5-4-6-14(18-3)15(12)19-8-13-9-20-11(2)17-13/h4-6,9-10H,7-8,16H2,1-3H3. The highest BCUT2D eigenvalue weighted by molar-refractivity contribution is 7.09. The predicted octanol–water partition coefficient (Wildman–Crippen LogP) is 2.93. The fourth-order valence-electron chi connectivity index (χ4n) is 2.01. The summed E-state index contributed by atoms with van der Waals surface area (Å²) in [6.45, 7) is 4.41. The number of hydrogen-bond donors (Lipinski definition) is 1. The molecule has 0 aliphatic heterocycles. The molecule has 1 heterocycles. The van der Waals surface area contributed by atoms with Crippen molar-refractivity contribution in [1.82, 2.24) is 4.98 Å². The normalized spacial score (nSPS) is 12.2. The van der Waals surface area contributed by atoms with Crippen molar-refractivity contribution in [2.45, 2.75) is 32.9 Å². The van der Waals surface area contributed by atoms with Crippen LogP contribution in [0.15, 0.2) is 23.6 Å². The second kappa shape index (κ2) is 6.72. The minimum Gasteiger partial charge on any atom is -0.493 e. The summed E-state index contributed by atoms with van der Waals surface area (Å²) in [5.74, 6) is 1.49. The molecule has 2 N–H and O–H groups in total. The summed E-state index contributed by atoms with van der Waals surface area (Å²) in [5, 5.41) is 3.05. The lowest BCUT2D eigenvalue weighted by Gasteiger charge is -2.15. The molecule has 0 saturated heterocycles. The summed E-state index contributed by atoms with van der Waals surface area (Å²) in [6, 6.07) is 5.95. The number of methoxy groups -OCH3 is 1. The van der Waals surface area contributed by atoms with E-state index < -0.39 is 0 Å². The van der Waals surface area contributed by atoms with Crippen LogP contribution in [-0.4, -0.2) is 18.1 Å². The number of nitrogens with two attached hydrogens (primary N) is 1. The summed E-state index contributed by atoms with van der Waals surface area (Å²) in [4.78, 5) is 4.40. The number of benzene rings is 1. The third kappa shape index (κ3) is 3.71. The van der Waals surface area contributed by atoms with Gasteiger partial charge in [-0.05, 0) is 31.9 Å². The van der Waals surface area contributed by atoms with Gasteiger partial charge in [0.2, 0.25) is 0 Å². The van der Waals surface area contributed by atoms with E-state index in [1.807, 2.05) is 37.4 Å². The monoisotopic (exact) mass is 292 g/mol. The Morgan fingerprint density at radius 3 is 2.80 bits per heavy atom. The van der Waals surface area contributed by atoms with Gasteiger partial charge in [-0.2, -0.15) is 0 Å². The van der Waals surface area contributed by atoms with Crippen LogP contribution in [0.25, 0.3) is 0 Å². The Hall–Kier alpha value is -1.59. The maximum atomic E-state index is 5.92. The van der Waals surface area contributed by atoms with E-state index in [0.717, 1.165) is 34.2 Å². The summed E-state index contributed by atoms with van der Waals surface area (Å²) in [5.41, 5.74) is 7.89. The highest BCUT2D eigenvalue weighted by Gasteiger charge is 2.12. The Morgan fingerprint density at radius 2 is 2.20 bits per heavy atom. The highest BCUT2D eigenvalue weighted by atomic mass is 32.1. The average molecular weight is 292 g/mol. The van der Waals surface area contributed by atoms with Gasteiger partial charge in [0.1, 0.15) is 6.61 Å². The molecule has 1 unspecified atom stereocenters. The van der Waals surface area contributed by atoms with Crippen molar-refractivity contribution < 1.29 is 9.47 Å². The van der Waals surface area contributed by atoms with Crippen LogP contribution in [0.4, 0.5) is 0 Å². The van der Waals surface area contributed by atoms with Gasteiger partial charge >= 0.3 is 0 Å². The summed E-state index contributed by atoms with van der Waals surface area (Å²) in [6.07, 6.45) is 0.753. The number of aryl methyl sites for hydroxylation is 1. The van der Waals surface area contributed by atoms with Gasteiger partial charge in [-0.3, -0.25) is 0 Å². The van der Waals surface area contributed by atoms with Crippen molar-refractivity contribution in [3.63, 3.8) is 0 Å². The number of aromatic nitrogens is 1. The molecule has 5 heteroatoms. The van der Waals surface area contributed by atoms with Gasteiger partial charge in [-0.15, -0.1) is 11.3 Å². The first-order valence-corrected chi connectivity index (χ1v) is 7.43. The molecular weight excluding hydrogens is 272 g/mol. The second-order valence-corrected chi connectivity index (χ2v) is 5.84. The van der Waals surface area contributed by atoms with Crippen LogP contribution in [0, 0.1) is 6.92 Å². The third-order valence-corrected chi connectivity index (χ3v) is 3.68. The number of para-hydroxylation sites is 1. The van der Waals surface area contributed by atoms with Gasteiger partial charge in [0.05, 0.1) is 17.8 Å². The molecule has 0 radical (unpaired) electrons. The number of thiazole rings is 1. The van der Waals surface area contributed by atoms with Gasteiger partial charge in [0.15, 0.2) is 11.5 Å². The predicted molar refractivity (Wildman–Crippen MR) is 81.5 cm³/mol. The Kier molecular flexibility index (Phi) is 4.98. The molecule has 20 heavy (non-hydrogen) atoms. The van der Waals surface area contributed by atoms with Crippen LogP contribution in [0.3, 0.4) is 0 Å². The van der Waals surface area contributed by atoms with Crippen LogP contribution < -0.4 is 15.2 Å². The highest BCUT2D eigenvalue weighted by Crippen LogP contribution is 2.32. The third-order valence-electron chi connectivity index (χ3n) is 2.85. The van der Waals surface area contributed by atoms with Gasteiger partial charge in [-0.25, -0.2) is 4.98 Å². The molecule has 0 saturated carbocycles. The molecule has 0 spiro atoms. The molecule has 4 nitrogen and oxygen atoms in total. The lowest BCUT2D eigenvalue weighted by atomic mass is 10.1. The topological polar surface area (TPSA) is 57.4 Å². The van der Waals surface area contributed by atoms with Crippen molar-refractivity contribution in [1.29, 1.82) is 0 Å². The SMILES string of the molecule is COc1cccc(CC(C)N)c1OCc1csc(C)n1. The van der Waals surface area contributed by atoms with Crippen molar-refractivity contribution in [3.05, 3.63) is 39.8 Å². The van der Waals surface area contributed by atoms with Crippen molar-refractivity contribution >= 4 is 11.3 Å². The Bertz CT molecular complexity index is 567. The fourth-order valence-corrected chi connectivity index (χ4v) is 2.61. The smallest absolute Gasteiger partial charge is 0.164 e. The molecule has 1 aromatic carbocycles. The van der Waals surface area contributed by atoms with Crippen LogP contribution >= 0.6 is 11.3 Å². The van der Waals surface area contributed by atoms with E-state index in [1.54, 1.807) is 18.4 Å². The van der Waals surface area contributed by atoms with E-state index in [1.165, 1.54) is 0 Å². The molecular formula is C15H20N2O2S. The zero-order valence-electron chi connectivity index (χ0n) is 12.1. The van der Waals surface area contributed by atoms with Gasteiger partial charge in [0, 0.05) is 11.4 Å². The lowest BCUT2D eigenvalue weighted by molar-refractivity contribution is 0.277. The first-order chi connectivity index (χ1) is 9.60. The molecule has 1 atom stereocenters. The van der Waals surface area contributed by atoms with E-state index in [2.05, 4.69) is 4.98 Å². The Balaban J connectivity index is 2.19. The largest absolute Gasteiger partial charge is 0.493 e. The molecule has 1 aromatic heterocycles. The number of hydrogen-bond acceptors (Lipinski definition) is 5. The van der Waals surface area contributed by atoms with Crippen molar-refractivity contribution in [2.24, 2.45) is 5.73 Å². The number of nitrogens with zero attached hydrogens (tertiary/aromatic N) is 1. The van der Waals surface area contributed by atoms with Gasteiger partial charge < -0.3 is 15.2 Å². The summed E-state index contributed by atoms with van der Waals surface area (Å²) >= 11 is 1.62. The van der Waals surface area contributed by atoms with E-state index in [4.69, 9.17) is 15.2 Å². The first-order valence-electron chi connectivity index (χ1n) is 6.55. The van der Waals surface area contributed by atoms with E-state index >= 15 is 0 Å². The molecule has 108 valence electrons. The molecule has 0 fully saturated rings. The van der Waals surface area contributed by atoms with Crippen molar-refractivity contribution in [2.75, 3.05) is 7.11 Å². The zero-order chi connectivity index (χ0) is 14.5. The Morgan fingerprint density at radius 1 is 1.40 bits per heavy atom. The number of ether oxygens (including phenoxy) is 2. The van der Waals surface area contributed by atoms with Crippen LogP contribution in [0.2, 0.25) is 0 Å². The number of rotatable bonds is 6. The van der Waals surface area contributed by atoms with E-state index in [-0.39, 0.29) is 6.04 Å². The molecule has 0 aliphatic carbocycles. The minimum absolute atomic E-state index is 0.0750. The van der Waals surface area contributed by atoms with Crippen LogP contribution in [-0.2, 0) is 13.0 Å². The van der Waals surface area contributed by atoms with E-state index in [9.17, 15) is 0 Å². The fraction of sp³-hybridized carbons (Fsp3) is 0.400. The molecule has 0 bridgehead atoms. The zero-order valence-corrected chi connectivity index (χ0v) is 12.9. The lowest BCUT2D eigenvalue weighted by Crippen LogP contribution is -2.18. The van der Waals surface area contributed by atoms with Crippen molar-refractivity contribution in [3.8, 4) is 11.5 Å². The van der Waals surface area contributed by atoms with E-state index in [0.29, 0.717) is 6.61 Å². The average Bonchev–Trinajstić information content (AvgIpc) is 2.82. The van der Waals surface area contributed by atoms with Crippen LogP contribution in [0.1, 0.15) is 23.2 Å². The quantitative estimate of drug-likeness (QED) is 0.889. The maximum absolute atomic E-state index is 5.92. The molecule has 2 rings (SSSR count). The van der Waals surface area contributed by atoms with Gasteiger partial charge in [0.25, 0.3) is 0 Å². The molecule has 0 amide bonds. The second-order valence-electron chi connectivity index (χ2n) is 4.78. The Labute approximate surface area is 123 Å². The summed E-state index contributed by atoms with van der Waals surface area (Å²) < 4.78 is 11.3. The summed E-state index contributed by atoms with van der Waals surface area (Å²) in [7, 11) is 1.64. The first kappa shape index (κ1) is 14.8.